The maximum absolute atomic E-state index is 5.33. The molecule has 2 rings (SSSR count). The number of methoxy groups -OCH3 is 3. The Hall–Kier alpha value is -1.06. The van der Waals surface area contributed by atoms with Crippen LogP contribution in [-0.4, -0.2) is 34.5 Å². The summed E-state index contributed by atoms with van der Waals surface area (Å²) in [7, 11) is 4.57. The zero-order chi connectivity index (χ0) is 14.5. The summed E-state index contributed by atoms with van der Waals surface area (Å²) in [6.07, 6.45) is -0.874. The number of halogens is 1. The molecule has 0 atom stereocenters. The first-order valence-electron chi connectivity index (χ1n) is 5.77. The van der Waals surface area contributed by atoms with Gasteiger partial charge in [-0.05, 0) is 22.0 Å². The van der Waals surface area contributed by atoms with Gasteiger partial charge in [-0.15, -0.1) is 0 Å². The van der Waals surface area contributed by atoms with E-state index in [1.54, 1.807) is 6.07 Å². The number of rotatable bonds is 4. The van der Waals surface area contributed by atoms with Crippen LogP contribution >= 0.6 is 15.9 Å². The molecule has 0 amide bonds. The van der Waals surface area contributed by atoms with E-state index in [-0.39, 0.29) is 13.2 Å². The average molecular weight is 351 g/mol. The third-order valence-corrected chi connectivity index (χ3v) is 3.43. The largest absolute Gasteiger partial charge is 0.493 e. The average Bonchev–Trinajstić information content (AvgIpc) is 2.75. The molecule has 0 aliphatic carbocycles. The van der Waals surface area contributed by atoms with Gasteiger partial charge < -0.3 is 14.2 Å². The van der Waals surface area contributed by atoms with Crippen molar-refractivity contribution in [3.05, 3.63) is 16.1 Å². The van der Waals surface area contributed by atoms with E-state index in [2.05, 4.69) is 15.9 Å². The van der Waals surface area contributed by atoms with Gasteiger partial charge in [-0.25, -0.2) is 9.78 Å². The molecule has 0 spiro atoms. The Morgan fingerprint density at radius 2 is 1.60 bits per heavy atom. The molecule has 1 heterocycles. The molecule has 1 aromatic carbocycles. The molecule has 1 aliphatic rings. The highest BCUT2D eigenvalue weighted by molar-refractivity contribution is 9.10. The van der Waals surface area contributed by atoms with Crippen molar-refractivity contribution in [2.75, 3.05) is 34.5 Å². The lowest BCUT2D eigenvalue weighted by Crippen LogP contribution is -2.08. The topological polar surface area (TPSA) is 64.6 Å². The lowest BCUT2D eigenvalue weighted by Gasteiger charge is -2.19. The summed E-state index contributed by atoms with van der Waals surface area (Å²) in [6, 6.07) is 1.69. The molecule has 8 heteroatoms. The van der Waals surface area contributed by atoms with Crippen LogP contribution in [0.5, 0.6) is 17.2 Å². The molecule has 0 saturated carbocycles. The van der Waals surface area contributed by atoms with Crippen LogP contribution in [0, 0.1) is 0 Å². The summed E-state index contributed by atoms with van der Waals surface area (Å²) in [6.45, 7) is 0.553. The summed E-state index contributed by atoms with van der Waals surface area (Å²) in [5.41, 5.74) is 0.585. The van der Waals surface area contributed by atoms with Crippen LogP contribution in [-0.2, 0) is 19.6 Å². The molecule has 0 unspecified atom stereocenters. The van der Waals surface area contributed by atoms with E-state index in [1.807, 2.05) is 0 Å². The minimum atomic E-state index is -0.874. The first-order chi connectivity index (χ1) is 9.72. The van der Waals surface area contributed by atoms with E-state index in [1.165, 1.54) is 21.3 Å². The summed E-state index contributed by atoms with van der Waals surface area (Å²) >= 11 is 3.43. The van der Waals surface area contributed by atoms with E-state index in [0.717, 1.165) is 0 Å². The van der Waals surface area contributed by atoms with E-state index < -0.39 is 6.29 Å². The Bertz CT molecular complexity index is 458. The standard InChI is InChI=1S/C12H15BrO7/c1-14-8-6-7(12-19-17-4-5-18-20-12)9(13)11(16-3)10(8)15-2/h6,12H,4-5H2,1-3H3. The molecule has 0 bridgehead atoms. The van der Waals surface area contributed by atoms with Gasteiger partial charge in [-0.1, -0.05) is 0 Å². The first-order valence-corrected chi connectivity index (χ1v) is 6.57. The second kappa shape index (κ2) is 7.09. The predicted octanol–water partition coefficient (Wildman–Crippen LogP) is 2.38. The molecule has 1 fully saturated rings. The maximum atomic E-state index is 5.33. The summed E-state index contributed by atoms with van der Waals surface area (Å²) in [5.74, 6) is 1.39. The summed E-state index contributed by atoms with van der Waals surface area (Å²) < 4.78 is 16.5. The predicted molar refractivity (Wildman–Crippen MR) is 70.6 cm³/mol. The van der Waals surface area contributed by atoms with Crippen LogP contribution in [0.3, 0.4) is 0 Å². The van der Waals surface area contributed by atoms with Crippen molar-refractivity contribution in [1.29, 1.82) is 0 Å². The van der Waals surface area contributed by atoms with Gasteiger partial charge in [0.2, 0.25) is 5.75 Å². The van der Waals surface area contributed by atoms with Gasteiger partial charge in [0.1, 0.15) is 13.2 Å². The highest BCUT2D eigenvalue weighted by Crippen LogP contribution is 2.47. The van der Waals surface area contributed by atoms with E-state index >= 15 is 0 Å². The normalized spacial score (nSPS) is 16.6. The third kappa shape index (κ3) is 2.99. The van der Waals surface area contributed by atoms with Gasteiger partial charge in [-0.2, -0.15) is 9.78 Å². The lowest BCUT2D eigenvalue weighted by molar-refractivity contribution is -0.430. The summed E-state index contributed by atoms with van der Waals surface area (Å²) in [5, 5.41) is 0. The molecular formula is C12H15BrO7. The number of hydrogen-bond donors (Lipinski definition) is 0. The zero-order valence-electron chi connectivity index (χ0n) is 11.3. The molecular weight excluding hydrogens is 336 g/mol. The van der Waals surface area contributed by atoms with Crippen LogP contribution in [0.15, 0.2) is 10.5 Å². The first kappa shape index (κ1) is 15.3. The number of benzene rings is 1. The Morgan fingerprint density at radius 1 is 1.00 bits per heavy atom. The molecule has 1 saturated heterocycles. The van der Waals surface area contributed by atoms with E-state index in [0.29, 0.717) is 27.3 Å². The van der Waals surface area contributed by atoms with Crippen LogP contribution in [0.2, 0.25) is 0 Å². The van der Waals surface area contributed by atoms with Gasteiger partial charge >= 0.3 is 0 Å². The SMILES string of the molecule is COc1cc(C2OOCCOO2)c(Br)c(OC)c1OC. The Morgan fingerprint density at radius 3 is 2.10 bits per heavy atom. The smallest absolute Gasteiger partial charge is 0.250 e. The molecule has 7 nitrogen and oxygen atoms in total. The van der Waals surface area contributed by atoms with Crippen molar-refractivity contribution in [1.82, 2.24) is 0 Å². The van der Waals surface area contributed by atoms with Crippen molar-refractivity contribution in [3.8, 4) is 17.2 Å². The maximum Gasteiger partial charge on any atom is 0.250 e. The van der Waals surface area contributed by atoms with Crippen molar-refractivity contribution < 1.29 is 33.8 Å². The van der Waals surface area contributed by atoms with Crippen molar-refractivity contribution >= 4 is 15.9 Å². The van der Waals surface area contributed by atoms with Gasteiger partial charge in [0.15, 0.2) is 11.5 Å². The highest BCUT2D eigenvalue weighted by atomic mass is 79.9. The van der Waals surface area contributed by atoms with E-state index in [9.17, 15) is 0 Å². The molecule has 0 N–H and O–H groups in total. The fourth-order valence-electron chi connectivity index (χ4n) is 1.72. The zero-order valence-corrected chi connectivity index (χ0v) is 12.9. The van der Waals surface area contributed by atoms with Crippen molar-refractivity contribution in [2.24, 2.45) is 0 Å². The van der Waals surface area contributed by atoms with Gasteiger partial charge in [-0.3, -0.25) is 0 Å². The van der Waals surface area contributed by atoms with Crippen LogP contribution in [0.4, 0.5) is 0 Å². The third-order valence-electron chi connectivity index (χ3n) is 2.61. The molecule has 20 heavy (non-hydrogen) atoms. The summed E-state index contributed by atoms with van der Waals surface area (Å²) in [4.78, 5) is 20.1. The number of hydrogen-bond acceptors (Lipinski definition) is 7. The second-order valence-corrected chi connectivity index (χ2v) is 4.51. The Balaban J connectivity index is 2.46. The minimum absolute atomic E-state index is 0.276. The van der Waals surface area contributed by atoms with Crippen molar-refractivity contribution in [2.45, 2.75) is 6.29 Å². The quantitative estimate of drug-likeness (QED) is 0.772. The second-order valence-electron chi connectivity index (χ2n) is 3.72. The fourth-order valence-corrected chi connectivity index (χ4v) is 2.36. The Kier molecular flexibility index (Phi) is 5.44. The number of ether oxygens (including phenoxy) is 3. The fraction of sp³-hybridized carbons (Fsp3) is 0.500. The molecule has 0 aromatic heterocycles. The van der Waals surface area contributed by atoms with E-state index in [4.69, 9.17) is 33.8 Å². The minimum Gasteiger partial charge on any atom is -0.493 e. The molecule has 1 aliphatic heterocycles. The molecule has 0 radical (unpaired) electrons. The highest BCUT2D eigenvalue weighted by Gasteiger charge is 2.27. The van der Waals surface area contributed by atoms with Gasteiger partial charge in [0.25, 0.3) is 6.29 Å². The lowest BCUT2D eigenvalue weighted by atomic mass is 10.1. The molecule has 112 valence electrons. The van der Waals surface area contributed by atoms with Crippen LogP contribution < -0.4 is 14.2 Å². The van der Waals surface area contributed by atoms with Crippen molar-refractivity contribution in [3.63, 3.8) is 0 Å². The Labute approximate surface area is 124 Å². The van der Waals surface area contributed by atoms with Gasteiger partial charge in [0, 0.05) is 5.56 Å². The molecule has 1 aromatic rings. The van der Waals surface area contributed by atoms with Gasteiger partial charge in [0.05, 0.1) is 25.8 Å². The van der Waals surface area contributed by atoms with Crippen LogP contribution in [0.1, 0.15) is 11.9 Å². The monoisotopic (exact) mass is 350 g/mol. The van der Waals surface area contributed by atoms with Crippen LogP contribution in [0.25, 0.3) is 0 Å².